The van der Waals surface area contributed by atoms with Crippen LogP contribution >= 0.6 is 0 Å². The Bertz CT molecular complexity index is 1780. The van der Waals surface area contributed by atoms with Crippen molar-refractivity contribution < 1.29 is 41.0 Å². The van der Waals surface area contributed by atoms with Gasteiger partial charge in [-0.2, -0.15) is 13.2 Å². The highest BCUT2D eigenvalue weighted by molar-refractivity contribution is 5.82. The van der Waals surface area contributed by atoms with Crippen molar-refractivity contribution in [3.63, 3.8) is 0 Å². The number of hydrogen-bond donors (Lipinski definition) is 2. The van der Waals surface area contributed by atoms with Crippen LogP contribution in [-0.2, 0) is 34.5 Å². The number of likely N-dealkylation sites (N-methyl/N-ethyl adjacent to an activating group) is 1. The zero-order valence-corrected chi connectivity index (χ0v) is 28.3. The van der Waals surface area contributed by atoms with E-state index in [1.54, 1.807) is 46.7 Å². The number of aryl methyl sites for hydroxylation is 2. The van der Waals surface area contributed by atoms with Gasteiger partial charge in [-0.15, -0.1) is 0 Å². The van der Waals surface area contributed by atoms with Gasteiger partial charge in [0.1, 0.15) is 11.9 Å². The number of carboxylic acids is 1. The Morgan fingerprint density at radius 3 is 2.24 bits per heavy atom. The maximum Gasteiger partial charge on any atom is 0.416 e. The Labute approximate surface area is 280 Å². The van der Waals surface area contributed by atoms with Crippen LogP contribution in [0.15, 0.2) is 41.3 Å². The van der Waals surface area contributed by atoms with Gasteiger partial charge < -0.3 is 19.9 Å². The maximum atomic E-state index is 15.3. The van der Waals surface area contributed by atoms with Gasteiger partial charge in [0.15, 0.2) is 0 Å². The van der Waals surface area contributed by atoms with E-state index in [0.29, 0.717) is 33.9 Å². The Morgan fingerprint density at radius 1 is 1.06 bits per heavy atom. The molecule has 0 saturated heterocycles. The fraction of sp³-hybridized carbons (Fsp3) is 0.472. The van der Waals surface area contributed by atoms with Crippen molar-refractivity contribution in [3.05, 3.63) is 91.6 Å². The highest BCUT2D eigenvalue weighted by Crippen LogP contribution is 2.48. The number of nitrogens with zero attached hydrogens (tertiary/aromatic N) is 2. The van der Waals surface area contributed by atoms with Gasteiger partial charge in [0, 0.05) is 30.8 Å². The molecule has 2 aromatic carbocycles. The van der Waals surface area contributed by atoms with Gasteiger partial charge in [0.05, 0.1) is 18.0 Å². The molecular formula is C36H41F6N3O4. The summed E-state index contributed by atoms with van der Waals surface area (Å²) in [5.74, 6) is -6.21. The van der Waals surface area contributed by atoms with Crippen molar-refractivity contribution in [2.45, 2.75) is 84.0 Å². The first-order chi connectivity index (χ1) is 22.7. The summed E-state index contributed by atoms with van der Waals surface area (Å²) in [5.41, 5.74) is -0.459. The summed E-state index contributed by atoms with van der Waals surface area (Å²) in [7, 11) is 3.36. The number of fused-ring (bicyclic) bond motifs is 1. The molecule has 2 atom stereocenters. The number of hydrogen-bond acceptors (Lipinski definition) is 4. The van der Waals surface area contributed by atoms with Gasteiger partial charge in [-0.25, -0.2) is 13.2 Å². The fourth-order valence-electron chi connectivity index (χ4n) is 6.60. The standard InChI is InChI=1S/C36H41F6N3O4/c1-19(2)11-30(45-18-22(8-10-44(5)6)27(16-31(45)46)36(40,41)42)34(49)43-29(17-32(47)48)23-14-26(25-7-9-35(38,39)28(25)15-23)33-20(3)12-24(37)13-21(33)4/h12-16,18-19,29-30H,7-11,17H2,1-6H3,(H,43,49)(H,47,48)/t29-,30+/m1/s1. The smallest absolute Gasteiger partial charge is 0.416 e. The third-order valence-electron chi connectivity index (χ3n) is 8.85. The highest BCUT2D eigenvalue weighted by Gasteiger charge is 2.42. The minimum Gasteiger partial charge on any atom is -0.481 e. The summed E-state index contributed by atoms with van der Waals surface area (Å²) in [6, 6.07) is 3.01. The first-order valence-electron chi connectivity index (χ1n) is 16.0. The lowest BCUT2D eigenvalue weighted by Crippen LogP contribution is -2.40. The van der Waals surface area contributed by atoms with Gasteiger partial charge in [-0.3, -0.25) is 14.4 Å². The number of nitrogens with one attached hydrogen (secondary N) is 1. The number of alkyl halides is 5. The first kappa shape index (κ1) is 37.7. The number of carboxylic acid groups (broad SMARTS) is 1. The fourth-order valence-corrected chi connectivity index (χ4v) is 6.60. The zero-order valence-electron chi connectivity index (χ0n) is 28.3. The minimum absolute atomic E-state index is 0.00545. The van der Waals surface area contributed by atoms with Crippen molar-refractivity contribution in [2.75, 3.05) is 20.6 Å². The molecule has 2 N–H and O–H groups in total. The Hall–Kier alpha value is -4.13. The molecule has 0 spiro atoms. The van der Waals surface area contributed by atoms with Crippen LogP contribution in [0.4, 0.5) is 26.3 Å². The van der Waals surface area contributed by atoms with E-state index in [9.17, 15) is 37.1 Å². The molecule has 49 heavy (non-hydrogen) atoms. The molecule has 3 aromatic rings. The zero-order chi connectivity index (χ0) is 36.6. The Balaban J connectivity index is 1.85. The maximum absolute atomic E-state index is 15.3. The molecule has 4 rings (SSSR count). The topological polar surface area (TPSA) is 91.6 Å². The second-order valence-electron chi connectivity index (χ2n) is 13.5. The number of rotatable bonds is 12. The van der Waals surface area contributed by atoms with Gasteiger partial charge >= 0.3 is 12.1 Å². The lowest BCUT2D eigenvalue weighted by molar-refractivity contribution is -0.139. The predicted molar refractivity (Wildman–Crippen MR) is 173 cm³/mol. The largest absolute Gasteiger partial charge is 0.481 e. The van der Waals surface area contributed by atoms with Crippen LogP contribution in [0, 0.1) is 25.6 Å². The summed E-state index contributed by atoms with van der Waals surface area (Å²) < 4.78 is 87.5. The number of aromatic nitrogens is 1. The van der Waals surface area contributed by atoms with Crippen LogP contribution in [0.2, 0.25) is 0 Å². The van der Waals surface area contributed by atoms with E-state index in [0.717, 1.165) is 10.8 Å². The van der Waals surface area contributed by atoms with Crippen LogP contribution in [0.1, 0.15) is 84.1 Å². The van der Waals surface area contributed by atoms with Gasteiger partial charge in [-0.05, 0) is 116 Å². The Kier molecular flexibility index (Phi) is 11.1. The molecule has 0 unspecified atom stereocenters. The molecule has 0 bridgehead atoms. The monoisotopic (exact) mass is 693 g/mol. The van der Waals surface area contributed by atoms with E-state index in [-0.39, 0.29) is 48.4 Å². The normalized spacial score (nSPS) is 15.4. The molecule has 1 heterocycles. The lowest BCUT2D eigenvalue weighted by Gasteiger charge is -2.27. The lowest BCUT2D eigenvalue weighted by atomic mass is 9.87. The number of pyridine rings is 1. The number of carbonyl (C=O) groups excluding carboxylic acids is 1. The van der Waals surface area contributed by atoms with Crippen molar-refractivity contribution >= 4 is 11.9 Å². The molecule has 1 aromatic heterocycles. The number of benzene rings is 2. The quantitative estimate of drug-likeness (QED) is 0.194. The van der Waals surface area contributed by atoms with Crippen LogP contribution in [0.3, 0.4) is 0 Å². The van der Waals surface area contributed by atoms with Crippen molar-refractivity contribution in [1.29, 1.82) is 0 Å². The molecule has 266 valence electrons. The van der Waals surface area contributed by atoms with Crippen LogP contribution < -0.4 is 10.9 Å². The molecule has 1 aliphatic rings. The summed E-state index contributed by atoms with van der Waals surface area (Å²) in [5, 5.41) is 12.5. The average molecular weight is 694 g/mol. The summed E-state index contributed by atoms with van der Waals surface area (Å²) in [4.78, 5) is 41.0. The predicted octanol–water partition coefficient (Wildman–Crippen LogP) is 7.35. The molecule has 13 heteroatoms. The molecule has 7 nitrogen and oxygen atoms in total. The number of carbonyl (C=O) groups is 2. The summed E-state index contributed by atoms with van der Waals surface area (Å²) >= 11 is 0. The van der Waals surface area contributed by atoms with E-state index < -0.39 is 65.8 Å². The number of amides is 1. The minimum atomic E-state index is -4.82. The van der Waals surface area contributed by atoms with E-state index in [1.165, 1.54) is 24.3 Å². The second kappa shape index (κ2) is 14.4. The van der Waals surface area contributed by atoms with Gasteiger partial charge in [0.25, 0.3) is 11.5 Å². The van der Waals surface area contributed by atoms with E-state index in [1.807, 2.05) is 0 Å². The number of halogens is 6. The van der Waals surface area contributed by atoms with Gasteiger partial charge in [0.2, 0.25) is 5.91 Å². The van der Waals surface area contributed by atoms with E-state index in [4.69, 9.17) is 0 Å². The van der Waals surface area contributed by atoms with Crippen LogP contribution in [0.25, 0.3) is 11.1 Å². The highest BCUT2D eigenvalue weighted by atomic mass is 19.4. The molecule has 0 fully saturated rings. The molecule has 1 aliphatic carbocycles. The van der Waals surface area contributed by atoms with Crippen molar-refractivity contribution in [3.8, 4) is 11.1 Å². The third kappa shape index (κ3) is 8.55. The summed E-state index contributed by atoms with van der Waals surface area (Å²) in [6.07, 6.45) is -5.05. The molecule has 0 radical (unpaired) electrons. The molecule has 1 amide bonds. The summed E-state index contributed by atoms with van der Waals surface area (Å²) in [6.45, 7) is 7.00. The van der Waals surface area contributed by atoms with E-state index >= 15 is 8.78 Å². The number of aliphatic carboxylic acids is 1. The van der Waals surface area contributed by atoms with Crippen LogP contribution in [-0.4, -0.2) is 47.1 Å². The van der Waals surface area contributed by atoms with E-state index in [2.05, 4.69) is 5.32 Å². The Morgan fingerprint density at radius 2 is 1.69 bits per heavy atom. The molecular weight excluding hydrogens is 652 g/mol. The third-order valence-corrected chi connectivity index (χ3v) is 8.85. The molecule has 0 aliphatic heterocycles. The second-order valence-corrected chi connectivity index (χ2v) is 13.5. The first-order valence-corrected chi connectivity index (χ1v) is 16.0. The van der Waals surface area contributed by atoms with Gasteiger partial charge in [-0.1, -0.05) is 13.8 Å². The van der Waals surface area contributed by atoms with Crippen molar-refractivity contribution in [1.82, 2.24) is 14.8 Å². The molecule has 0 saturated carbocycles. The van der Waals surface area contributed by atoms with Crippen molar-refractivity contribution in [2.24, 2.45) is 5.92 Å². The van der Waals surface area contributed by atoms with Crippen LogP contribution in [0.5, 0.6) is 0 Å². The average Bonchev–Trinajstić information content (AvgIpc) is 3.27. The SMILES string of the molecule is Cc1cc(F)cc(C)c1-c1cc([C@@H](CC(=O)O)NC(=O)[C@H](CC(C)C)n2cc(CCN(C)C)c(C(F)(F)F)cc2=O)cc2c1CCC2(F)F.